The topological polar surface area (TPSA) is 17.4 Å². The first-order valence-corrected chi connectivity index (χ1v) is 11.2. The summed E-state index contributed by atoms with van der Waals surface area (Å²) in [7, 11) is 0. The molecule has 0 radical (unpaired) electrons. The Kier molecular flexibility index (Phi) is 5.41. The van der Waals surface area contributed by atoms with Crippen LogP contribution >= 0.6 is 12.2 Å². The number of para-hydroxylation sites is 1. The number of aromatic nitrogens is 1. The molecule has 0 amide bonds. The lowest BCUT2D eigenvalue weighted by atomic mass is 10.1. The second-order valence-electron chi connectivity index (χ2n) is 7.93. The van der Waals surface area contributed by atoms with Crippen LogP contribution in [0.2, 0.25) is 0 Å². The van der Waals surface area contributed by atoms with Crippen LogP contribution in [0, 0.1) is 0 Å². The third kappa shape index (κ3) is 3.68. The predicted octanol–water partition coefficient (Wildman–Crippen LogP) is 6.03. The highest BCUT2D eigenvalue weighted by atomic mass is 32.1. The zero-order valence-corrected chi connectivity index (χ0v) is 17.9. The van der Waals surface area contributed by atoms with Crippen molar-refractivity contribution in [3.8, 4) is 5.75 Å². The lowest BCUT2D eigenvalue weighted by Crippen LogP contribution is -2.34. The van der Waals surface area contributed by atoms with E-state index in [4.69, 9.17) is 17.0 Å². The van der Waals surface area contributed by atoms with Crippen molar-refractivity contribution < 1.29 is 4.74 Å². The van der Waals surface area contributed by atoms with Crippen LogP contribution in [0.25, 0.3) is 21.7 Å². The molecule has 0 saturated carbocycles. The van der Waals surface area contributed by atoms with E-state index in [-0.39, 0.29) is 0 Å². The maximum Gasteiger partial charge on any atom is 0.127 e. The molecule has 1 aliphatic rings. The van der Waals surface area contributed by atoms with Crippen LogP contribution in [0.1, 0.15) is 24.8 Å². The van der Waals surface area contributed by atoms with Crippen LogP contribution in [0.3, 0.4) is 0 Å². The Hall–Kier alpha value is -2.85. The summed E-state index contributed by atoms with van der Waals surface area (Å²) in [6.07, 6.45) is 6.00. The van der Waals surface area contributed by atoms with Gasteiger partial charge in [0.15, 0.2) is 0 Å². The number of hydrogen-bond acceptors (Lipinski definition) is 2. The molecule has 3 aromatic carbocycles. The lowest BCUT2D eigenvalue weighted by molar-refractivity contribution is 0.304. The molecule has 1 saturated heterocycles. The molecule has 5 rings (SSSR count). The van der Waals surface area contributed by atoms with Gasteiger partial charge in [-0.3, -0.25) is 0 Å². The van der Waals surface area contributed by atoms with Gasteiger partial charge in [0, 0.05) is 41.1 Å². The highest BCUT2D eigenvalue weighted by Crippen LogP contribution is 2.27. The Morgan fingerprint density at radius 3 is 2.43 bits per heavy atom. The largest absolute Gasteiger partial charge is 0.491 e. The van der Waals surface area contributed by atoms with Gasteiger partial charge in [-0.05, 0) is 36.8 Å². The van der Waals surface area contributed by atoms with E-state index in [0.29, 0.717) is 6.61 Å². The molecule has 0 aliphatic carbocycles. The van der Waals surface area contributed by atoms with E-state index in [9.17, 15) is 0 Å². The van der Waals surface area contributed by atoms with Gasteiger partial charge in [0.25, 0.3) is 0 Å². The molecule has 1 fully saturated rings. The van der Waals surface area contributed by atoms with E-state index < -0.39 is 0 Å². The second kappa shape index (κ2) is 8.49. The summed E-state index contributed by atoms with van der Waals surface area (Å²) in [6, 6.07) is 23.1. The van der Waals surface area contributed by atoms with Crippen molar-refractivity contribution in [2.24, 2.45) is 0 Å². The van der Waals surface area contributed by atoms with Gasteiger partial charge in [-0.25, -0.2) is 0 Å². The minimum atomic E-state index is 0.614. The minimum Gasteiger partial charge on any atom is -0.491 e. The van der Waals surface area contributed by atoms with Gasteiger partial charge in [0.1, 0.15) is 17.3 Å². The molecule has 1 aromatic heterocycles. The molecule has 152 valence electrons. The standard InChI is InChI=1S/C26H26N2OS/c30-26(27-15-6-1-7-16-27)23-19-28(24-13-5-4-12-22(23)24)17-18-29-25-14-8-10-20-9-2-3-11-21(20)25/h2-5,8-14,19H,1,6-7,15-18H2. The highest BCUT2D eigenvalue weighted by Gasteiger charge is 2.19. The normalized spacial score (nSPS) is 14.3. The summed E-state index contributed by atoms with van der Waals surface area (Å²) >= 11 is 5.90. The molecular weight excluding hydrogens is 388 g/mol. The van der Waals surface area contributed by atoms with Crippen molar-refractivity contribution in [3.63, 3.8) is 0 Å². The summed E-state index contributed by atoms with van der Waals surface area (Å²) in [5, 5.41) is 3.60. The summed E-state index contributed by atoms with van der Waals surface area (Å²) in [5.74, 6) is 0.939. The molecule has 0 unspecified atom stereocenters. The third-order valence-corrected chi connectivity index (χ3v) is 6.48. The molecule has 4 heteroatoms. The second-order valence-corrected chi connectivity index (χ2v) is 8.32. The summed E-state index contributed by atoms with van der Waals surface area (Å²) in [4.78, 5) is 3.36. The number of piperidine rings is 1. The van der Waals surface area contributed by atoms with Crippen LogP contribution in [0.4, 0.5) is 0 Å². The molecule has 0 spiro atoms. The van der Waals surface area contributed by atoms with Gasteiger partial charge in [0.05, 0.1) is 6.54 Å². The number of nitrogens with zero attached hydrogens (tertiary/aromatic N) is 2. The first-order chi connectivity index (χ1) is 14.8. The summed E-state index contributed by atoms with van der Waals surface area (Å²) in [6.45, 7) is 3.54. The molecule has 1 aliphatic heterocycles. The van der Waals surface area contributed by atoms with E-state index in [2.05, 4.69) is 76.3 Å². The van der Waals surface area contributed by atoms with Gasteiger partial charge in [-0.1, -0.05) is 66.8 Å². The number of thiocarbonyl (C=S) groups is 1. The SMILES string of the molecule is S=C(c1cn(CCOc2cccc3ccccc23)c2ccccc12)N1CCCCC1. The van der Waals surface area contributed by atoms with Crippen molar-refractivity contribution >= 4 is 38.9 Å². The van der Waals surface area contributed by atoms with Crippen molar-refractivity contribution in [1.82, 2.24) is 9.47 Å². The zero-order valence-electron chi connectivity index (χ0n) is 17.1. The molecular formula is C26H26N2OS. The third-order valence-electron chi connectivity index (χ3n) is 6.00. The molecule has 0 atom stereocenters. The summed E-state index contributed by atoms with van der Waals surface area (Å²) < 4.78 is 8.48. The van der Waals surface area contributed by atoms with E-state index in [1.165, 1.54) is 41.1 Å². The van der Waals surface area contributed by atoms with Crippen LogP contribution in [0.5, 0.6) is 5.75 Å². The van der Waals surface area contributed by atoms with E-state index >= 15 is 0 Å². The Morgan fingerprint density at radius 2 is 1.57 bits per heavy atom. The minimum absolute atomic E-state index is 0.614. The van der Waals surface area contributed by atoms with Gasteiger partial charge >= 0.3 is 0 Å². The monoisotopic (exact) mass is 414 g/mol. The smallest absolute Gasteiger partial charge is 0.127 e. The number of benzene rings is 3. The van der Waals surface area contributed by atoms with Crippen LogP contribution in [0.15, 0.2) is 72.9 Å². The van der Waals surface area contributed by atoms with E-state index in [1.807, 2.05) is 6.07 Å². The van der Waals surface area contributed by atoms with E-state index in [1.54, 1.807) is 0 Å². The van der Waals surface area contributed by atoms with Crippen molar-refractivity contribution in [1.29, 1.82) is 0 Å². The van der Waals surface area contributed by atoms with Gasteiger partial charge in [-0.2, -0.15) is 0 Å². The quantitative estimate of drug-likeness (QED) is 0.371. The molecule has 30 heavy (non-hydrogen) atoms. The van der Waals surface area contributed by atoms with Gasteiger partial charge in [-0.15, -0.1) is 0 Å². The first kappa shape index (κ1) is 19.1. The fourth-order valence-corrected chi connectivity index (χ4v) is 4.79. The average Bonchev–Trinajstić information content (AvgIpc) is 3.18. The fourth-order valence-electron chi connectivity index (χ4n) is 4.45. The highest BCUT2D eigenvalue weighted by molar-refractivity contribution is 7.80. The van der Waals surface area contributed by atoms with Gasteiger partial charge in [0.2, 0.25) is 0 Å². The van der Waals surface area contributed by atoms with Crippen LogP contribution in [-0.2, 0) is 6.54 Å². The van der Waals surface area contributed by atoms with Crippen LogP contribution < -0.4 is 4.74 Å². The predicted molar refractivity (Wildman–Crippen MR) is 129 cm³/mol. The number of hydrogen-bond donors (Lipinski definition) is 0. The zero-order chi connectivity index (χ0) is 20.3. The molecule has 4 aromatic rings. The molecule has 0 N–H and O–H groups in total. The molecule has 0 bridgehead atoms. The van der Waals surface area contributed by atoms with Crippen molar-refractivity contribution in [2.75, 3.05) is 19.7 Å². The lowest BCUT2D eigenvalue weighted by Gasteiger charge is -2.28. The number of fused-ring (bicyclic) bond motifs is 2. The Bertz CT molecular complexity index is 1180. The molecule has 2 heterocycles. The van der Waals surface area contributed by atoms with Crippen LogP contribution in [-0.4, -0.2) is 34.2 Å². The number of rotatable bonds is 5. The Balaban J connectivity index is 1.37. The fraction of sp³-hybridized carbons (Fsp3) is 0.269. The van der Waals surface area contributed by atoms with E-state index in [0.717, 1.165) is 35.8 Å². The van der Waals surface area contributed by atoms with Crippen molar-refractivity contribution in [3.05, 3.63) is 78.5 Å². The Morgan fingerprint density at radius 1 is 0.833 bits per heavy atom. The molecule has 3 nitrogen and oxygen atoms in total. The van der Waals surface area contributed by atoms with Crippen molar-refractivity contribution in [2.45, 2.75) is 25.8 Å². The van der Waals surface area contributed by atoms with Gasteiger partial charge < -0.3 is 14.2 Å². The number of likely N-dealkylation sites (tertiary alicyclic amines) is 1. The summed E-state index contributed by atoms with van der Waals surface area (Å²) in [5.41, 5.74) is 2.39. The maximum atomic E-state index is 6.19. The first-order valence-electron chi connectivity index (χ1n) is 10.8. The number of ether oxygens (including phenoxy) is 1. The average molecular weight is 415 g/mol. The Labute approximate surface area is 182 Å². The maximum absolute atomic E-state index is 6.19.